The summed E-state index contributed by atoms with van der Waals surface area (Å²) in [5, 5.41) is 0. The Hall–Kier alpha value is 0.168. The predicted octanol–water partition coefficient (Wildman–Crippen LogP) is 1.00. The zero-order valence-electron chi connectivity index (χ0n) is 4.60. The summed E-state index contributed by atoms with van der Waals surface area (Å²) >= 11 is 0.462. The normalized spacial score (nSPS) is 22.9. The van der Waals surface area contributed by atoms with Gasteiger partial charge in [-0.15, -0.1) is 0 Å². The molecule has 0 aromatic rings. The second-order valence-corrected chi connectivity index (χ2v) is 4.29. The molecule has 0 atom stereocenters. The van der Waals surface area contributed by atoms with E-state index in [0.29, 0.717) is 15.3 Å². The van der Waals surface area contributed by atoms with Crippen LogP contribution in [0.25, 0.3) is 0 Å². The van der Waals surface area contributed by atoms with E-state index in [0.717, 1.165) is 0 Å². The number of hydrogen-bond donors (Lipinski definition) is 0. The molecule has 0 saturated carbocycles. The van der Waals surface area contributed by atoms with E-state index in [1.807, 2.05) is 0 Å². The van der Waals surface area contributed by atoms with E-state index in [1.54, 1.807) is 4.71 Å². The average molecular weight is 155 g/mol. The van der Waals surface area contributed by atoms with Crippen LogP contribution in [0.15, 0.2) is 11.6 Å². The fourth-order valence-corrected chi connectivity index (χ4v) is 2.16. The molecule has 0 unspecified atom stereocenters. The molecular weight excluding hydrogens is 147 g/mol. The molecule has 0 aromatic heterocycles. The van der Waals surface area contributed by atoms with E-state index in [2.05, 4.69) is 24.7 Å². The van der Waals surface area contributed by atoms with Gasteiger partial charge in [-0.3, -0.25) is 0 Å². The van der Waals surface area contributed by atoms with Crippen molar-refractivity contribution in [3.05, 3.63) is 16.4 Å². The second-order valence-electron chi connectivity index (χ2n) is 1.71. The molecule has 0 aliphatic carbocycles. The van der Waals surface area contributed by atoms with Crippen LogP contribution in [0.4, 0.5) is 0 Å². The quantitative estimate of drug-likeness (QED) is 0.458. The van der Waals surface area contributed by atoms with Gasteiger partial charge in [0.15, 0.2) is 0 Å². The first kappa shape index (κ1) is 5.31. The molecule has 0 fully saturated rings. The first-order valence-electron chi connectivity index (χ1n) is 2.35. The molecule has 1 radical (unpaired) electrons. The van der Waals surface area contributed by atoms with Gasteiger partial charge in [0.25, 0.3) is 0 Å². The third kappa shape index (κ3) is 1.04. The van der Waals surface area contributed by atoms with Gasteiger partial charge in [0.2, 0.25) is 0 Å². The average Bonchev–Trinajstić information content (AvgIpc) is 1.91. The van der Waals surface area contributed by atoms with Gasteiger partial charge in [-0.1, -0.05) is 0 Å². The van der Waals surface area contributed by atoms with Crippen molar-refractivity contribution >= 4 is 20.1 Å². The summed E-state index contributed by atoms with van der Waals surface area (Å²) in [5.41, 5.74) is 1.49. The van der Waals surface area contributed by atoms with Crippen LogP contribution in [-0.2, 0) is 0 Å². The van der Waals surface area contributed by atoms with Crippen molar-refractivity contribution in [3.63, 3.8) is 0 Å². The molecule has 0 N–H and O–H groups in total. The van der Waals surface area contributed by atoms with E-state index >= 15 is 0 Å². The number of hydrogen-bond acceptors (Lipinski definition) is 0. The van der Waals surface area contributed by atoms with Crippen molar-refractivity contribution in [1.82, 2.24) is 0 Å². The molecule has 0 bridgehead atoms. The zero-order chi connectivity index (χ0) is 5.28. The first-order chi connectivity index (χ1) is 3.30. The van der Waals surface area contributed by atoms with E-state index < -0.39 is 0 Å². The molecule has 1 aliphatic rings. The number of rotatable bonds is 0. The third-order valence-corrected chi connectivity index (χ3v) is 3.34. The molecule has 1 heteroatoms. The van der Waals surface area contributed by atoms with E-state index in [-0.39, 0.29) is 0 Å². The van der Waals surface area contributed by atoms with Crippen LogP contribution < -0.4 is 0 Å². The molecule has 7 heavy (non-hydrogen) atoms. The van der Waals surface area contributed by atoms with Gasteiger partial charge in [0.05, 0.1) is 0 Å². The van der Waals surface area contributed by atoms with Crippen LogP contribution >= 0.6 is 0 Å². The summed E-state index contributed by atoms with van der Waals surface area (Å²) < 4.78 is 1.61. The van der Waals surface area contributed by atoms with Crippen molar-refractivity contribution in [2.45, 2.75) is 13.8 Å². The van der Waals surface area contributed by atoms with Crippen molar-refractivity contribution in [2.24, 2.45) is 0 Å². The molecule has 1 rings (SSSR count). The first-order valence-corrected chi connectivity index (χ1v) is 4.38. The number of allylic oxidation sites excluding steroid dienone is 2. The topological polar surface area (TPSA) is 0 Å². The maximum atomic E-state index is 2.29. The minimum atomic E-state index is 0.462. The van der Waals surface area contributed by atoms with Crippen LogP contribution in [0.3, 0.4) is 0 Å². The molecule has 1 aliphatic heterocycles. The maximum absolute atomic E-state index is 2.29. The van der Waals surface area contributed by atoms with Crippen LogP contribution in [0, 0.1) is 4.71 Å². The van der Waals surface area contributed by atoms with Crippen molar-refractivity contribution in [2.75, 3.05) is 0 Å². The molecular formula is C6H8As. The summed E-state index contributed by atoms with van der Waals surface area (Å²) in [4.78, 5) is 2.29. The monoisotopic (exact) mass is 155 g/mol. The molecule has 37 valence electrons. The predicted molar refractivity (Wildman–Crippen MR) is 34.5 cm³/mol. The molecule has 0 aromatic carbocycles. The van der Waals surface area contributed by atoms with Gasteiger partial charge in [-0.05, 0) is 0 Å². The molecule has 0 spiro atoms. The third-order valence-electron chi connectivity index (χ3n) is 1.16. The van der Waals surface area contributed by atoms with Crippen molar-refractivity contribution in [3.8, 4) is 0 Å². The van der Waals surface area contributed by atoms with Crippen LogP contribution in [0.2, 0.25) is 0 Å². The molecule has 0 nitrogen and oxygen atoms in total. The zero-order valence-corrected chi connectivity index (χ0v) is 6.48. The van der Waals surface area contributed by atoms with Crippen molar-refractivity contribution < 1.29 is 0 Å². The second kappa shape index (κ2) is 1.96. The van der Waals surface area contributed by atoms with E-state index in [1.165, 1.54) is 5.57 Å². The van der Waals surface area contributed by atoms with Gasteiger partial charge < -0.3 is 0 Å². The Labute approximate surface area is 50.8 Å². The Bertz CT molecular complexity index is 122. The Balaban J connectivity index is 2.69. The Kier molecular flexibility index (Phi) is 1.49. The van der Waals surface area contributed by atoms with Gasteiger partial charge in [-0.25, -0.2) is 0 Å². The summed E-state index contributed by atoms with van der Waals surface area (Å²) in [5.74, 6) is 0. The summed E-state index contributed by atoms with van der Waals surface area (Å²) in [7, 11) is 0. The van der Waals surface area contributed by atoms with Crippen LogP contribution in [0.1, 0.15) is 13.8 Å². The van der Waals surface area contributed by atoms with Gasteiger partial charge in [0, 0.05) is 0 Å². The molecule has 1 heterocycles. The Morgan fingerprint density at radius 1 is 1.43 bits per heavy atom. The van der Waals surface area contributed by atoms with Gasteiger partial charge >= 0.3 is 50.3 Å². The SMILES string of the molecule is C[C]1[As]=CC=C1C. The fourth-order valence-electron chi connectivity index (χ4n) is 0.483. The summed E-state index contributed by atoms with van der Waals surface area (Å²) in [6.45, 7) is 4.39. The van der Waals surface area contributed by atoms with Crippen LogP contribution in [0.5, 0.6) is 0 Å². The molecule has 0 saturated heterocycles. The van der Waals surface area contributed by atoms with E-state index in [4.69, 9.17) is 0 Å². The minimum absolute atomic E-state index is 0.462. The summed E-state index contributed by atoms with van der Waals surface area (Å²) in [6.07, 6.45) is 2.22. The fraction of sp³-hybridized carbons (Fsp3) is 0.333. The molecule has 0 amide bonds. The standard InChI is InChI=1S/C6H8As/c1-5-3-4-7-6(5)2/h3-4H,1-2H3. The van der Waals surface area contributed by atoms with Gasteiger partial charge in [0.1, 0.15) is 0 Å². The Morgan fingerprint density at radius 3 is 2.29 bits per heavy atom. The van der Waals surface area contributed by atoms with Gasteiger partial charge in [-0.2, -0.15) is 0 Å². The Morgan fingerprint density at radius 2 is 2.14 bits per heavy atom. The van der Waals surface area contributed by atoms with Crippen LogP contribution in [-0.4, -0.2) is 20.1 Å². The summed E-state index contributed by atoms with van der Waals surface area (Å²) in [6, 6.07) is 0. The van der Waals surface area contributed by atoms with Crippen molar-refractivity contribution in [1.29, 1.82) is 0 Å². The van der Waals surface area contributed by atoms with E-state index in [9.17, 15) is 0 Å².